The van der Waals surface area contributed by atoms with E-state index in [2.05, 4.69) is 5.32 Å². The summed E-state index contributed by atoms with van der Waals surface area (Å²) < 4.78 is 13.3. The van der Waals surface area contributed by atoms with Crippen LogP contribution in [0.4, 0.5) is 4.39 Å². The summed E-state index contributed by atoms with van der Waals surface area (Å²) >= 11 is 1.45. The number of hydrogen-bond donors (Lipinski definition) is 1. The number of hydrogen-bond acceptors (Lipinski definition) is 3. The SMILES string of the molecule is CC(=O)c1ccc(C)c(C2(c3ccc(F)cc3)NC(=O)CS2)c1. The molecule has 5 heteroatoms. The molecule has 23 heavy (non-hydrogen) atoms. The Morgan fingerprint density at radius 2 is 1.91 bits per heavy atom. The lowest BCUT2D eigenvalue weighted by atomic mass is 9.91. The zero-order chi connectivity index (χ0) is 16.6. The normalized spacial score (nSPS) is 20.4. The molecule has 1 atom stereocenters. The highest BCUT2D eigenvalue weighted by atomic mass is 32.2. The van der Waals surface area contributed by atoms with Crippen LogP contribution in [0.3, 0.4) is 0 Å². The third-order valence-corrected chi connectivity index (χ3v) is 5.41. The van der Waals surface area contributed by atoms with Gasteiger partial charge in [0.2, 0.25) is 5.91 Å². The third-order valence-electron chi connectivity index (χ3n) is 4.01. The summed E-state index contributed by atoms with van der Waals surface area (Å²) in [6.45, 7) is 3.45. The van der Waals surface area contributed by atoms with Crippen molar-refractivity contribution >= 4 is 23.5 Å². The number of Topliss-reactive ketones (excluding diaryl/α,β-unsaturated/α-hetero) is 1. The maximum absolute atomic E-state index is 13.3. The number of ketones is 1. The molecule has 1 saturated heterocycles. The Balaban J connectivity index is 2.21. The van der Waals surface area contributed by atoms with E-state index in [1.165, 1.54) is 30.8 Å². The van der Waals surface area contributed by atoms with Crippen molar-refractivity contribution in [3.63, 3.8) is 0 Å². The monoisotopic (exact) mass is 329 g/mol. The van der Waals surface area contributed by atoms with Gasteiger partial charge in [0.15, 0.2) is 5.78 Å². The molecular weight excluding hydrogens is 313 g/mol. The Morgan fingerprint density at radius 1 is 1.22 bits per heavy atom. The molecule has 0 aromatic heterocycles. The summed E-state index contributed by atoms with van der Waals surface area (Å²) in [7, 11) is 0. The van der Waals surface area contributed by atoms with Crippen LogP contribution >= 0.6 is 11.8 Å². The van der Waals surface area contributed by atoms with Gasteiger partial charge in [-0.2, -0.15) is 0 Å². The quantitative estimate of drug-likeness (QED) is 0.878. The van der Waals surface area contributed by atoms with Gasteiger partial charge in [0.25, 0.3) is 0 Å². The molecule has 2 aromatic carbocycles. The van der Waals surface area contributed by atoms with Crippen LogP contribution in [-0.2, 0) is 9.67 Å². The molecule has 0 saturated carbocycles. The van der Waals surface area contributed by atoms with E-state index < -0.39 is 4.87 Å². The molecule has 3 nitrogen and oxygen atoms in total. The molecule has 118 valence electrons. The van der Waals surface area contributed by atoms with Crippen LogP contribution in [0.1, 0.15) is 34.0 Å². The maximum atomic E-state index is 13.3. The molecule has 1 unspecified atom stereocenters. The minimum absolute atomic E-state index is 0.0326. The number of benzene rings is 2. The van der Waals surface area contributed by atoms with E-state index in [1.807, 2.05) is 19.1 Å². The molecule has 0 spiro atoms. The van der Waals surface area contributed by atoms with Crippen molar-refractivity contribution < 1.29 is 14.0 Å². The van der Waals surface area contributed by atoms with Gasteiger partial charge in [-0.3, -0.25) is 9.59 Å². The highest BCUT2D eigenvalue weighted by Crippen LogP contribution is 2.45. The lowest BCUT2D eigenvalue weighted by Gasteiger charge is -2.31. The first-order valence-electron chi connectivity index (χ1n) is 7.25. The number of halogens is 1. The molecule has 0 radical (unpaired) electrons. The van der Waals surface area contributed by atoms with Gasteiger partial charge in [-0.15, -0.1) is 11.8 Å². The molecule has 2 aromatic rings. The molecule has 1 aliphatic rings. The highest BCUT2D eigenvalue weighted by molar-refractivity contribution is 8.01. The van der Waals surface area contributed by atoms with E-state index in [0.29, 0.717) is 11.3 Å². The fraction of sp³-hybridized carbons (Fsp3) is 0.222. The van der Waals surface area contributed by atoms with Gasteiger partial charge in [-0.1, -0.05) is 24.3 Å². The number of aryl methyl sites for hydroxylation is 1. The van der Waals surface area contributed by atoms with Crippen LogP contribution in [-0.4, -0.2) is 17.4 Å². The number of carbonyl (C=O) groups is 2. The van der Waals surface area contributed by atoms with Crippen molar-refractivity contribution in [1.82, 2.24) is 5.32 Å². The largest absolute Gasteiger partial charge is 0.333 e. The number of amides is 1. The van der Waals surface area contributed by atoms with Gasteiger partial charge in [0.05, 0.1) is 5.75 Å². The van der Waals surface area contributed by atoms with Crippen LogP contribution in [0.5, 0.6) is 0 Å². The zero-order valence-corrected chi connectivity index (χ0v) is 13.7. The fourth-order valence-electron chi connectivity index (χ4n) is 2.80. The second kappa shape index (κ2) is 5.81. The van der Waals surface area contributed by atoms with Crippen LogP contribution in [0.2, 0.25) is 0 Å². The minimum Gasteiger partial charge on any atom is -0.333 e. The Bertz CT molecular complexity index is 788. The second-order valence-corrected chi connectivity index (χ2v) is 6.80. The number of thioether (sulfide) groups is 1. The van der Waals surface area contributed by atoms with Gasteiger partial charge in [-0.25, -0.2) is 4.39 Å². The summed E-state index contributed by atoms with van der Waals surface area (Å²) in [5.74, 6) is -0.115. The lowest BCUT2D eigenvalue weighted by molar-refractivity contribution is -0.118. The number of rotatable bonds is 3. The first-order valence-corrected chi connectivity index (χ1v) is 8.24. The van der Waals surface area contributed by atoms with Gasteiger partial charge in [0.1, 0.15) is 10.7 Å². The van der Waals surface area contributed by atoms with E-state index in [0.717, 1.165) is 16.7 Å². The van der Waals surface area contributed by atoms with Gasteiger partial charge in [-0.05, 0) is 48.7 Å². The Labute approximate surface area is 138 Å². The molecular formula is C18H16FNO2S. The predicted octanol–water partition coefficient (Wildman–Crippen LogP) is 3.40. The summed E-state index contributed by atoms with van der Waals surface area (Å²) in [5.41, 5.74) is 3.20. The van der Waals surface area contributed by atoms with E-state index in [9.17, 15) is 14.0 Å². The second-order valence-electron chi connectivity index (χ2n) is 5.61. The molecule has 0 bridgehead atoms. The third kappa shape index (κ3) is 2.77. The molecule has 1 heterocycles. The van der Waals surface area contributed by atoms with Crippen LogP contribution in [0.25, 0.3) is 0 Å². The van der Waals surface area contributed by atoms with Gasteiger partial charge in [0, 0.05) is 5.56 Å². The summed E-state index contributed by atoms with van der Waals surface area (Å²) in [4.78, 5) is 22.9. The number of carbonyl (C=O) groups excluding carboxylic acids is 2. The Hall–Kier alpha value is -2.14. The van der Waals surface area contributed by atoms with Gasteiger partial charge >= 0.3 is 0 Å². The van der Waals surface area contributed by atoms with Crippen molar-refractivity contribution in [2.24, 2.45) is 0 Å². The number of nitrogens with one attached hydrogen (secondary N) is 1. The average Bonchev–Trinajstić information content (AvgIpc) is 2.91. The zero-order valence-electron chi connectivity index (χ0n) is 12.9. The smallest absolute Gasteiger partial charge is 0.231 e. The first-order chi connectivity index (χ1) is 10.9. The first kappa shape index (κ1) is 15.7. The summed E-state index contributed by atoms with van der Waals surface area (Å²) in [6, 6.07) is 11.6. The van der Waals surface area contributed by atoms with E-state index in [4.69, 9.17) is 0 Å². The van der Waals surface area contributed by atoms with E-state index >= 15 is 0 Å². The van der Waals surface area contributed by atoms with Crippen molar-refractivity contribution in [2.75, 3.05) is 5.75 Å². The van der Waals surface area contributed by atoms with Crippen molar-refractivity contribution in [1.29, 1.82) is 0 Å². The molecule has 1 fully saturated rings. The van der Waals surface area contributed by atoms with Crippen LogP contribution in [0, 0.1) is 12.7 Å². The standard InChI is InChI=1S/C18H16FNO2S/c1-11-3-4-13(12(2)21)9-16(11)18(20-17(22)10-23-18)14-5-7-15(19)8-6-14/h3-9H,10H2,1-2H3,(H,20,22). The van der Waals surface area contributed by atoms with E-state index in [1.54, 1.807) is 18.2 Å². The Morgan fingerprint density at radius 3 is 2.48 bits per heavy atom. The van der Waals surface area contributed by atoms with Crippen LogP contribution in [0.15, 0.2) is 42.5 Å². The lowest BCUT2D eigenvalue weighted by Crippen LogP contribution is -2.38. The summed E-state index contributed by atoms with van der Waals surface area (Å²) in [6.07, 6.45) is 0. The summed E-state index contributed by atoms with van der Waals surface area (Å²) in [5, 5.41) is 3.02. The Kier molecular flexibility index (Phi) is 3.98. The topological polar surface area (TPSA) is 46.2 Å². The highest BCUT2D eigenvalue weighted by Gasteiger charge is 2.43. The van der Waals surface area contributed by atoms with Crippen molar-refractivity contribution in [3.8, 4) is 0 Å². The molecule has 1 aliphatic heterocycles. The molecule has 0 aliphatic carbocycles. The molecule has 1 N–H and O–H groups in total. The van der Waals surface area contributed by atoms with E-state index in [-0.39, 0.29) is 17.5 Å². The minimum atomic E-state index is -0.791. The average molecular weight is 329 g/mol. The van der Waals surface area contributed by atoms with Crippen molar-refractivity contribution in [3.05, 3.63) is 70.5 Å². The van der Waals surface area contributed by atoms with Gasteiger partial charge < -0.3 is 5.32 Å². The predicted molar refractivity (Wildman–Crippen MR) is 89.0 cm³/mol. The maximum Gasteiger partial charge on any atom is 0.231 e. The molecule has 1 amide bonds. The molecule has 3 rings (SSSR count). The van der Waals surface area contributed by atoms with Crippen molar-refractivity contribution in [2.45, 2.75) is 18.7 Å². The van der Waals surface area contributed by atoms with Crippen LogP contribution < -0.4 is 5.32 Å². The fourth-order valence-corrected chi connectivity index (χ4v) is 4.09.